The molecule has 268 valence electrons. The van der Waals surface area contributed by atoms with Crippen molar-refractivity contribution in [3.8, 4) is 0 Å². The highest BCUT2D eigenvalue weighted by molar-refractivity contribution is 4.92. The fourth-order valence-electron chi connectivity index (χ4n) is 8.27. The van der Waals surface area contributed by atoms with Crippen LogP contribution in [0.1, 0.15) is 252 Å². The zero-order valence-electron chi connectivity index (χ0n) is 31.5. The van der Waals surface area contributed by atoms with Gasteiger partial charge in [-0.25, -0.2) is 0 Å². The molecule has 0 spiro atoms. The summed E-state index contributed by atoms with van der Waals surface area (Å²) in [4.78, 5) is 0. The van der Waals surface area contributed by atoms with Gasteiger partial charge >= 0.3 is 0 Å². The van der Waals surface area contributed by atoms with Gasteiger partial charge in [0.05, 0.1) is 12.2 Å². The third kappa shape index (κ3) is 21.5. The van der Waals surface area contributed by atoms with Crippen LogP contribution in [0, 0.1) is 5.92 Å². The van der Waals surface area contributed by atoms with E-state index in [0.717, 1.165) is 18.8 Å². The quantitative estimate of drug-likeness (QED) is 0.0657. The predicted molar refractivity (Wildman–Crippen MR) is 199 cm³/mol. The maximum Gasteiger partial charge on any atom is 0.169 e. The third-order valence-electron chi connectivity index (χ3n) is 11.2. The van der Waals surface area contributed by atoms with Gasteiger partial charge in [-0.1, -0.05) is 213 Å². The Morgan fingerprint density at radius 1 is 0.356 bits per heavy atom. The topological polar surface area (TPSA) is 18.5 Å². The van der Waals surface area contributed by atoms with Gasteiger partial charge in [0.2, 0.25) is 0 Å². The molecule has 2 nitrogen and oxygen atoms in total. The van der Waals surface area contributed by atoms with Crippen molar-refractivity contribution in [3.63, 3.8) is 0 Å². The molecular formula is C43H84O2. The summed E-state index contributed by atoms with van der Waals surface area (Å²) in [6, 6.07) is 0. The van der Waals surface area contributed by atoms with Crippen molar-refractivity contribution >= 4 is 0 Å². The Kier molecular flexibility index (Phi) is 26.4. The van der Waals surface area contributed by atoms with E-state index >= 15 is 0 Å². The first-order chi connectivity index (χ1) is 22.2. The van der Waals surface area contributed by atoms with Gasteiger partial charge in [0.15, 0.2) is 5.79 Å². The van der Waals surface area contributed by atoms with E-state index in [0.29, 0.717) is 12.2 Å². The molecule has 0 aromatic heterocycles. The standard InChI is InChI=1S/C43H84O2/c1-4-6-8-10-12-14-16-18-20-22-24-26-28-30-32-34-36-43(44-41-38-40(3)39-42(41)45-43)37-35-33-31-29-27-25-23-21-19-17-15-13-11-9-7-5-2/h40-42H,4-39H2,1-3H3/t40-,41+,42-. The van der Waals surface area contributed by atoms with Crippen molar-refractivity contribution in [2.75, 3.05) is 0 Å². The molecule has 2 heteroatoms. The molecule has 1 saturated carbocycles. The fourth-order valence-corrected chi connectivity index (χ4v) is 8.27. The van der Waals surface area contributed by atoms with E-state index in [-0.39, 0.29) is 5.79 Å². The number of unbranched alkanes of at least 4 members (excludes halogenated alkanes) is 30. The minimum atomic E-state index is -0.249. The van der Waals surface area contributed by atoms with Gasteiger partial charge in [-0.05, 0) is 31.6 Å². The van der Waals surface area contributed by atoms with Gasteiger partial charge < -0.3 is 9.47 Å². The molecule has 0 bridgehead atoms. The molecule has 0 radical (unpaired) electrons. The van der Waals surface area contributed by atoms with Crippen LogP contribution < -0.4 is 0 Å². The Balaban J connectivity index is 1.43. The average molecular weight is 633 g/mol. The number of ether oxygens (including phenoxy) is 2. The van der Waals surface area contributed by atoms with E-state index in [2.05, 4.69) is 20.8 Å². The largest absolute Gasteiger partial charge is 0.344 e. The SMILES string of the molecule is CCCCCCCCCCCCCCCCCCC1(CCCCCCCCCCCCCCCCCC)O[C@H]2C[C@@H](C)C[C@H]2O1. The minimum Gasteiger partial charge on any atom is -0.344 e. The second kappa shape index (κ2) is 28.9. The molecule has 1 aliphatic heterocycles. The molecule has 0 N–H and O–H groups in total. The summed E-state index contributed by atoms with van der Waals surface area (Å²) in [5, 5.41) is 0. The van der Waals surface area contributed by atoms with Crippen LogP contribution in [0.4, 0.5) is 0 Å². The lowest BCUT2D eigenvalue weighted by molar-refractivity contribution is -0.192. The second-order valence-electron chi connectivity index (χ2n) is 15.9. The smallest absolute Gasteiger partial charge is 0.169 e. The van der Waals surface area contributed by atoms with Crippen LogP contribution in [0.2, 0.25) is 0 Å². The first-order valence-corrected chi connectivity index (χ1v) is 21.5. The summed E-state index contributed by atoms with van der Waals surface area (Å²) >= 11 is 0. The molecule has 1 heterocycles. The summed E-state index contributed by atoms with van der Waals surface area (Å²) in [5.41, 5.74) is 0. The molecule has 2 rings (SSSR count). The normalized spacial score (nSPS) is 20.7. The van der Waals surface area contributed by atoms with E-state index in [9.17, 15) is 0 Å². The number of rotatable bonds is 34. The lowest BCUT2D eigenvalue weighted by atomic mass is 9.98. The zero-order chi connectivity index (χ0) is 32.1. The Morgan fingerprint density at radius 2 is 0.578 bits per heavy atom. The highest BCUT2D eigenvalue weighted by Crippen LogP contribution is 2.45. The van der Waals surface area contributed by atoms with Crippen LogP contribution in [-0.2, 0) is 9.47 Å². The lowest BCUT2D eigenvalue weighted by Crippen LogP contribution is -2.32. The average Bonchev–Trinajstić information content (AvgIpc) is 3.54. The van der Waals surface area contributed by atoms with Crippen molar-refractivity contribution in [2.45, 2.75) is 270 Å². The lowest BCUT2D eigenvalue weighted by Gasteiger charge is -2.30. The highest BCUT2D eigenvalue weighted by Gasteiger charge is 2.50. The van der Waals surface area contributed by atoms with E-state index in [4.69, 9.17) is 9.47 Å². The summed E-state index contributed by atoms with van der Waals surface area (Å²) in [7, 11) is 0. The summed E-state index contributed by atoms with van der Waals surface area (Å²) in [5.74, 6) is 0.519. The van der Waals surface area contributed by atoms with E-state index in [1.54, 1.807) is 0 Å². The van der Waals surface area contributed by atoms with Crippen molar-refractivity contribution in [1.29, 1.82) is 0 Å². The molecule has 3 atom stereocenters. The second-order valence-corrected chi connectivity index (χ2v) is 15.9. The Hall–Kier alpha value is -0.0800. The van der Waals surface area contributed by atoms with Gasteiger partial charge in [0.1, 0.15) is 0 Å². The van der Waals surface area contributed by atoms with Crippen LogP contribution in [-0.4, -0.2) is 18.0 Å². The molecular weight excluding hydrogens is 548 g/mol. The first kappa shape index (κ1) is 41.1. The van der Waals surface area contributed by atoms with E-state index in [1.807, 2.05) is 0 Å². The van der Waals surface area contributed by atoms with Crippen LogP contribution in [0.3, 0.4) is 0 Å². The van der Waals surface area contributed by atoms with Gasteiger partial charge in [0.25, 0.3) is 0 Å². The molecule has 0 aromatic rings. The van der Waals surface area contributed by atoms with Gasteiger partial charge in [-0.15, -0.1) is 0 Å². The van der Waals surface area contributed by atoms with Crippen molar-refractivity contribution < 1.29 is 9.47 Å². The maximum absolute atomic E-state index is 6.77. The maximum atomic E-state index is 6.77. The van der Waals surface area contributed by atoms with Gasteiger partial charge in [-0.3, -0.25) is 0 Å². The van der Waals surface area contributed by atoms with Crippen molar-refractivity contribution in [1.82, 2.24) is 0 Å². The van der Waals surface area contributed by atoms with Gasteiger partial charge in [-0.2, -0.15) is 0 Å². The minimum absolute atomic E-state index is 0.249. The fraction of sp³-hybridized carbons (Fsp3) is 1.00. The number of hydrogen-bond acceptors (Lipinski definition) is 2. The van der Waals surface area contributed by atoms with E-state index in [1.165, 1.54) is 218 Å². The number of fused-ring (bicyclic) bond motifs is 1. The Bertz CT molecular complexity index is 565. The van der Waals surface area contributed by atoms with Crippen molar-refractivity contribution in [2.24, 2.45) is 5.92 Å². The Morgan fingerprint density at radius 3 is 0.822 bits per heavy atom. The molecule has 2 fully saturated rings. The predicted octanol–water partition coefficient (Wildman–Crippen LogP) is 15.2. The Labute approximate surface area is 284 Å². The van der Waals surface area contributed by atoms with Crippen LogP contribution in [0.15, 0.2) is 0 Å². The molecule has 1 aliphatic carbocycles. The summed E-state index contributed by atoms with van der Waals surface area (Å²) in [6.45, 7) is 6.99. The van der Waals surface area contributed by atoms with Gasteiger partial charge in [0, 0.05) is 12.8 Å². The molecule has 2 aliphatic rings. The van der Waals surface area contributed by atoms with Crippen molar-refractivity contribution in [3.05, 3.63) is 0 Å². The van der Waals surface area contributed by atoms with Crippen LogP contribution in [0.5, 0.6) is 0 Å². The summed E-state index contributed by atoms with van der Waals surface area (Å²) in [6.07, 6.45) is 51.2. The zero-order valence-corrected chi connectivity index (χ0v) is 31.5. The monoisotopic (exact) mass is 633 g/mol. The molecule has 45 heavy (non-hydrogen) atoms. The molecule has 0 aromatic carbocycles. The van der Waals surface area contributed by atoms with Crippen LogP contribution in [0.25, 0.3) is 0 Å². The highest BCUT2D eigenvalue weighted by atomic mass is 16.8. The third-order valence-corrected chi connectivity index (χ3v) is 11.2. The number of hydrogen-bond donors (Lipinski definition) is 0. The molecule has 0 amide bonds. The molecule has 0 unspecified atom stereocenters. The van der Waals surface area contributed by atoms with Crippen LogP contribution >= 0.6 is 0 Å². The summed E-state index contributed by atoms with van der Waals surface area (Å²) < 4.78 is 13.5. The molecule has 1 saturated heterocycles. The van der Waals surface area contributed by atoms with E-state index < -0.39 is 0 Å². The first-order valence-electron chi connectivity index (χ1n) is 21.5.